The number of nitrogens with one attached hydrogen (secondary N) is 1. The lowest BCUT2D eigenvalue weighted by Gasteiger charge is -2.07. The quantitative estimate of drug-likeness (QED) is 0.581. The van der Waals surface area contributed by atoms with Crippen LogP contribution in [-0.4, -0.2) is 40.6 Å². The summed E-state index contributed by atoms with van der Waals surface area (Å²) in [6.07, 6.45) is 6.07. The summed E-state index contributed by atoms with van der Waals surface area (Å²) in [5.41, 5.74) is 1.72. The third-order valence-corrected chi connectivity index (χ3v) is 4.85. The van der Waals surface area contributed by atoms with Gasteiger partial charge in [0.05, 0.1) is 10.2 Å². The maximum Gasteiger partial charge on any atom is 0.272 e. The first kappa shape index (κ1) is 18.4. The molecule has 0 aliphatic heterocycles. The van der Waals surface area contributed by atoms with Crippen molar-refractivity contribution in [2.24, 2.45) is 0 Å². The van der Waals surface area contributed by atoms with Gasteiger partial charge in [0.15, 0.2) is 5.69 Å². The molecular weight excluding hydrogens is 348 g/mol. The second-order valence-electron chi connectivity index (χ2n) is 5.82. The van der Waals surface area contributed by atoms with Crippen LogP contribution in [0.15, 0.2) is 36.7 Å². The Morgan fingerprint density at radius 2 is 1.96 bits per heavy atom. The van der Waals surface area contributed by atoms with Gasteiger partial charge in [-0.25, -0.2) is 15.0 Å². The maximum absolute atomic E-state index is 12.5. The molecule has 3 aromatic rings. The third-order valence-electron chi connectivity index (χ3n) is 3.80. The minimum absolute atomic E-state index is 0.235. The van der Waals surface area contributed by atoms with E-state index in [1.54, 1.807) is 6.20 Å². The molecule has 0 spiro atoms. The Labute approximate surface area is 156 Å². The molecule has 2 aromatic heterocycles. The van der Waals surface area contributed by atoms with Crippen molar-refractivity contribution in [1.29, 1.82) is 0 Å². The summed E-state index contributed by atoms with van der Waals surface area (Å²) < 4.78 is 6.56. The van der Waals surface area contributed by atoms with Crippen LogP contribution in [0.5, 0.6) is 0 Å². The Balaban J connectivity index is 1.64. The molecule has 2 heterocycles. The molecular formula is C19H22N4O2S. The first-order valence-electron chi connectivity index (χ1n) is 8.82. The van der Waals surface area contributed by atoms with Gasteiger partial charge in [-0.2, -0.15) is 0 Å². The van der Waals surface area contributed by atoms with E-state index in [1.807, 2.05) is 24.3 Å². The lowest BCUT2D eigenvalue weighted by molar-refractivity contribution is 0.0936. The van der Waals surface area contributed by atoms with Gasteiger partial charge in [0.1, 0.15) is 10.7 Å². The molecule has 0 saturated heterocycles. The molecule has 1 aromatic carbocycles. The molecule has 0 saturated carbocycles. The fourth-order valence-corrected chi connectivity index (χ4v) is 3.41. The number of aromatic nitrogens is 3. The van der Waals surface area contributed by atoms with Gasteiger partial charge in [-0.1, -0.05) is 25.5 Å². The van der Waals surface area contributed by atoms with Gasteiger partial charge in [0.2, 0.25) is 0 Å². The van der Waals surface area contributed by atoms with Crippen LogP contribution >= 0.6 is 11.3 Å². The van der Waals surface area contributed by atoms with Crippen LogP contribution in [0.1, 0.15) is 36.7 Å². The Bertz CT molecular complexity index is 832. The fraction of sp³-hybridized carbons (Fsp3) is 0.368. The lowest BCUT2D eigenvalue weighted by atomic mass is 10.3. The number of para-hydroxylation sites is 1. The average Bonchev–Trinajstić information content (AvgIpc) is 3.11. The molecule has 7 heteroatoms. The predicted molar refractivity (Wildman–Crippen MR) is 103 cm³/mol. The normalized spacial score (nSPS) is 11.0. The summed E-state index contributed by atoms with van der Waals surface area (Å²) in [5, 5.41) is 3.59. The zero-order chi connectivity index (χ0) is 18.2. The number of amides is 1. The Morgan fingerprint density at radius 3 is 2.81 bits per heavy atom. The first-order chi connectivity index (χ1) is 12.8. The highest BCUT2D eigenvalue weighted by atomic mass is 32.1. The summed E-state index contributed by atoms with van der Waals surface area (Å²) in [6, 6.07) is 7.87. The van der Waals surface area contributed by atoms with Gasteiger partial charge in [0, 0.05) is 32.2 Å². The fourth-order valence-electron chi connectivity index (χ4n) is 2.44. The number of hydrogen-bond acceptors (Lipinski definition) is 6. The number of ether oxygens (including phenoxy) is 1. The van der Waals surface area contributed by atoms with Crippen molar-refractivity contribution in [2.75, 3.05) is 19.8 Å². The molecule has 0 unspecified atom stereocenters. The molecule has 6 nitrogen and oxygen atoms in total. The van der Waals surface area contributed by atoms with E-state index >= 15 is 0 Å². The smallest absolute Gasteiger partial charge is 0.272 e. The average molecular weight is 370 g/mol. The molecule has 3 rings (SSSR count). The van der Waals surface area contributed by atoms with E-state index in [4.69, 9.17) is 4.74 Å². The molecule has 1 N–H and O–H groups in total. The molecule has 0 aliphatic rings. The number of rotatable bonds is 9. The van der Waals surface area contributed by atoms with E-state index in [-0.39, 0.29) is 5.91 Å². The van der Waals surface area contributed by atoms with E-state index in [9.17, 15) is 4.79 Å². The van der Waals surface area contributed by atoms with Crippen LogP contribution in [0.2, 0.25) is 0 Å². The van der Waals surface area contributed by atoms with Crippen molar-refractivity contribution in [3.63, 3.8) is 0 Å². The number of thiazole rings is 1. The highest BCUT2D eigenvalue weighted by Gasteiger charge is 2.18. The Morgan fingerprint density at radius 1 is 1.15 bits per heavy atom. The SMILES string of the molecule is CCCCOCCCNC(=O)c1nccnc1-c1nc2ccccc2s1. The first-order valence-corrected chi connectivity index (χ1v) is 9.64. The molecule has 26 heavy (non-hydrogen) atoms. The summed E-state index contributed by atoms with van der Waals surface area (Å²) in [5.74, 6) is -0.235. The zero-order valence-corrected chi connectivity index (χ0v) is 15.6. The molecule has 0 fully saturated rings. The van der Waals surface area contributed by atoms with Crippen LogP contribution in [0.3, 0.4) is 0 Å². The van der Waals surface area contributed by atoms with Crippen LogP contribution in [0, 0.1) is 0 Å². The van der Waals surface area contributed by atoms with Gasteiger partial charge < -0.3 is 10.1 Å². The van der Waals surface area contributed by atoms with Gasteiger partial charge in [-0.3, -0.25) is 4.79 Å². The minimum atomic E-state index is -0.235. The van der Waals surface area contributed by atoms with Gasteiger partial charge in [-0.15, -0.1) is 11.3 Å². The number of fused-ring (bicyclic) bond motifs is 1. The molecule has 0 atom stereocenters. The molecule has 136 valence electrons. The lowest BCUT2D eigenvalue weighted by Crippen LogP contribution is -2.27. The van der Waals surface area contributed by atoms with Gasteiger partial charge >= 0.3 is 0 Å². The van der Waals surface area contributed by atoms with Crippen molar-refractivity contribution in [3.8, 4) is 10.7 Å². The van der Waals surface area contributed by atoms with Crippen molar-refractivity contribution < 1.29 is 9.53 Å². The molecule has 0 bridgehead atoms. The number of benzene rings is 1. The maximum atomic E-state index is 12.5. The second kappa shape index (κ2) is 9.35. The summed E-state index contributed by atoms with van der Waals surface area (Å²) >= 11 is 1.51. The number of carbonyl (C=O) groups excluding carboxylic acids is 1. The monoisotopic (exact) mass is 370 g/mol. The van der Waals surface area contributed by atoms with Crippen molar-refractivity contribution in [2.45, 2.75) is 26.2 Å². The van der Waals surface area contributed by atoms with E-state index in [1.165, 1.54) is 17.5 Å². The van der Waals surface area contributed by atoms with Crippen molar-refractivity contribution in [3.05, 3.63) is 42.4 Å². The predicted octanol–water partition coefficient (Wildman–Crippen LogP) is 3.69. The van der Waals surface area contributed by atoms with Crippen LogP contribution in [0.4, 0.5) is 0 Å². The topological polar surface area (TPSA) is 77.0 Å². The van der Waals surface area contributed by atoms with E-state index in [2.05, 4.69) is 27.2 Å². The summed E-state index contributed by atoms with van der Waals surface area (Å²) in [7, 11) is 0. The summed E-state index contributed by atoms with van der Waals surface area (Å²) in [6.45, 7) is 4.09. The van der Waals surface area contributed by atoms with Crippen molar-refractivity contribution >= 4 is 27.5 Å². The van der Waals surface area contributed by atoms with Crippen LogP contribution in [0.25, 0.3) is 20.9 Å². The number of unbranched alkanes of at least 4 members (excludes halogenated alkanes) is 1. The van der Waals surface area contributed by atoms with Gasteiger partial charge in [-0.05, 0) is 25.0 Å². The zero-order valence-electron chi connectivity index (χ0n) is 14.8. The number of carbonyl (C=O) groups is 1. The summed E-state index contributed by atoms with van der Waals surface area (Å²) in [4.78, 5) is 25.7. The van der Waals surface area contributed by atoms with Crippen LogP contribution < -0.4 is 5.32 Å². The highest BCUT2D eigenvalue weighted by molar-refractivity contribution is 7.21. The number of hydrogen-bond donors (Lipinski definition) is 1. The standard InChI is InChI=1S/C19H22N4O2S/c1-2-3-12-25-13-6-9-22-18(24)16-17(21-11-10-20-16)19-23-14-7-4-5-8-15(14)26-19/h4-5,7-8,10-11H,2-3,6,9,12-13H2,1H3,(H,22,24). The van der Waals surface area contributed by atoms with E-state index in [0.717, 1.165) is 36.1 Å². The highest BCUT2D eigenvalue weighted by Crippen LogP contribution is 2.29. The minimum Gasteiger partial charge on any atom is -0.381 e. The molecule has 0 aliphatic carbocycles. The Hall–Kier alpha value is -2.38. The van der Waals surface area contributed by atoms with E-state index < -0.39 is 0 Å². The Kier molecular flexibility index (Phi) is 6.62. The van der Waals surface area contributed by atoms with E-state index in [0.29, 0.717) is 29.5 Å². The molecule has 0 radical (unpaired) electrons. The second-order valence-corrected chi connectivity index (χ2v) is 6.85. The van der Waals surface area contributed by atoms with Crippen molar-refractivity contribution in [1.82, 2.24) is 20.3 Å². The third kappa shape index (κ3) is 4.62. The molecule has 1 amide bonds. The van der Waals surface area contributed by atoms with Gasteiger partial charge in [0.25, 0.3) is 5.91 Å². The van der Waals surface area contributed by atoms with Crippen LogP contribution in [-0.2, 0) is 4.74 Å². The number of nitrogens with zero attached hydrogens (tertiary/aromatic N) is 3. The largest absolute Gasteiger partial charge is 0.381 e.